The first kappa shape index (κ1) is 24.5. The van der Waals surface area contributed by atoms with E-state index in [4.69, 9.17) is 26.4 Å². The number of anilines is 1. The number of imide groups is 1. The van der Waals surface area contributed by atoms with Gasteiger partial charge in [0.25, 0.3) is 5.91 Å². The molecule has 0 radical (unpaired) electrons. The topological polar surface area (TPSA) is 77.1 Å². The summed E-state index contributed by atoms with van der Waals surface area (Å²) in [5, 5.41) is 2.38. The van der Waals surface area contributed by atoms with Crippen molar-refractivity contribution in [3.05, 3.63) is 83.9 Å². The van der Waals surface area contributed by atoms with Gasteiger partial charge in [-0.3, -0.25) is 15.0 Å². The van der Waals surface area contributed by atoms with Crippen molar-refractivity contribution in [1.29, 1.82) is 0 Å². The molecule has 1 saturated carbocycles. The summed E-state index contributed by atoms with van der Waals surface area (Å²) >= 11 is 5.61. The number of nitrogens with one attached hydrogen (secondary N) is 1. The first-order valence-electron chi connectivity index (χ1n) is 12.1. The van der Waals surface area contributed by atoms with Crippen LogP contribution in [-0.4, -0.2) is 30.1 Å². The highest BCUT2D eigenvalue weighted by molar-refractivity contribution is 7.81. The minimum absolute atomic E-state index is 0.111. The van der Waals surface area contributed by atoms with E-state index in [1.165, 1.54) is 4.90 Å². The second-order valence-corrected chi connectivity index (χ2v) is 9.19. The van der Waals surface area contributed by atoms with Gasteiger partial charge >= 0.3 is 6.03 Å². The van der Waals surface area contributed by atoms with E-state index in [-0.39, 0.29) is 16.7 Å². The highest BCUT2D eigenvalue weighted by Gasteiger charge is 2.34. The lowest BCUT2D eigenvalue weighted by Crippen LogP contribution is -2.53. The highest BCUT2D eigenvalue weighted by atomic mass is 32.1. The number of amides is 3. The van der Waals surface area contributed by atoms with Gasteiger partial charge in [-0.05, 0) is 85.9 Å². The van der Waals surface area contributed by atoms with E-state index in [9.17, 15) is 9.59 Å². The lowest BCUT2D eigenvalue weighted by molar-refractivity contribution is -0.116. The Labute approximate surface area is 220 Å². The Balaban J connectivity index is 1.39. The lowest BCUT2D eigenvalue weighted by atomic mass is 10.1. The first-order valence-corrected chi connectivity index (χ1v) is 12.5. The van der Waals surface area contributed by atoms with Crippen LogP contribution in [0.2, 0.25) is 0 Å². The fourth-order valence-electron chi connectivity index (χ4n) is 4.41. The van der Waals surface area contributed by atoms with Gasteiger partial charge in [0.1, 0.15) is 16.5 Å². The Kier molecular flexibility index (Phi) is 7.18. The number of urea groups is 1. The average Bonchev–Trinajstić information content (AvgIpc) is 3.41. The van der Waals surface area contributed by atoms with Crippen LogP contribution in [-0.2, 0) is 4.79 Å². The normalized spacial score (nSPS) is 17.2. The Hall–Kier alpha value is -4.17. The third kappa shape index (κ3) is 5.49. The molecule has 8 heteroatoms. The molecule has 3 aromatic carbocycles. The van der Waals surface area contributed by atoms with E-state index in [2.05, 4.69) is 5.32 Å². The predicted octanol–water partition coefficient (Wildman–Crippen LogP) is 6.28. The standard InChI is InChI=1S/C29H26N2O5S/c1-34-25-16-11-19(18-26(25)36-22-9-5-6-10-22)17-24-27(32)30-29(33)31(28(24)37)20-12-14-23(15-13-20)35-21-7-3-2-4-8-21/h2-4,7-8,11-18,22H,5-6,9-10H2,1H3,(H,30,32,33). The molecule has 0 atom stereocenters. The summed E-state index contributed by atoms with van der Waals surface area (Å²) in [5.74, 6) is 2.00. The largest absolute Gasteiger partial charge is 0.493 e. The fraction of sp³-hybridized carbons (Fsp3) is 0.207. The second kappa shape index (κ2) is 10.8. The number of carbonyl (C=O) groups excluding carboxylic acids is 2. The van der Waals surface area contributed by atoms with Crippen molar-refractivity contribution < 1.29 is 23.8 Å². The van der Waals surface area contributed by atoms with E-state index in [0.29, 0.717) is 34.2 Å². The van der Waals surface area contributed by atoms with Crippen LogP contribution in [0.5, 0.6) is 23.0 Å². The molecule has 1 N–H and O–H groups in total. The van der Waals surface area contributed by atoms with Crippen molar-refractivity contribution in [1.82, 2.24) is 5.32 Å². The molecule has 37 heavy (non-hydrogen) atoms. The number of nitrogens with zero attached hydrogens (tertiary/aromatic N) is 1. The lowest BCUT2D eigenvalue weighted by Gasteiger charge is -2.29. The maximum Gasteiger partial charge on any atom is 0.334 e. The molecule has 0 unspecified atom stereocenters. The van der Waals surface area contributed by atoms with E-state index in [1.807, 2.05) is 42.5 Å². The quantitative estimate of drug-likeness (QED) is 0.296. The summed E-state index contributed by atoms with van der Waals surface area (Å²) in [6, 6.07) is 21.2. The predicted molar refractivity (Wildman–Crippen MR) is 145 cm³/mol. The van der Waals surface area contributed by atoms with Crippen LogP contribution in [0.4, 0.5) is 10.5 Å². The summed E-state index contributed by atoms with van der Waals surface area (Å²) < 4.78 is 17.5. The number of ether oxygens (including phenoxy) is 3. The molecule has 188 valence electrons. The molecule has 1 aliphatic heterocycles. The second-order valence-electron chi connectivity index (χ2n) is 8.80. The molecule has 0 aromatic heterocycles. The maximum atomic E-state index is 12.8. The van der Waals surface area contributed by atoms with Crippen LogP contribution in [0.3, 0.4) is 0 Å². The molecule has 1 heterocycles. The Morgan fingerprint density at radius 3 is 2.32 bits per heavy atom. The summed E-state index contributed by atoms with van der Waals surface area (Å²) in [4.78, 5) is 26.9. The van der Waals surface area contributed by atoms with Crippen LogP contribution in [0.25, 0.3) is 6.08 Å². The maximum absolute atomic E-state index is 12.8. The molecule has 3 aromatic rings. The SMILES string of the molecule is COc1ccc(C=C2C(=O)NC(=O)N(c3ccc(Oc4ccccc4)cc3)C2=S)cc1OC1CCCC1. The van der Waals surface area contributed by atoms with Crippen LogP contribution in [0.15, 0.2) is 78.4 Å². The van der Waals surface area contributed by atoms with Crippen LogP contribution >= 0.6 is 12.2 Å². The number of hydrogen-bond donors (Lipinski definition) is 1. The fourth-order valence-corrected chi connectivity index (χ4v) is 4.75. The molecule has 2 fully saturated rings. The van der Waals surface area contributed by atoms with Gasteiger partial charge in [-0.1, -0.05) is 36.5 Å². The number of benzene rings is 3. The summed E-state index contributed by atoms with van der Waals surface area (Å²) in [7, 11) is 1.60. The number of para-hydroxylation sites is 1. The summed E-state index contributed by atoms with van der Waals surface area (Å²) in [5.41, 5.74) is 1.43. The molecular weight excluding hydrogens is 488 g/mol. The minimum atomic E-state index is -0.608. The molecule has 0 spiro atoms. The van der Waals surface area contributed by atoms with E-state index in [0.717, 1.165) is 25.7 Å². The van der Waals surface area contributed by atoms with Crippen molar-refractivity contribution >= 4 is 40.9 Å². The zero-order valence-electron chi connectivity index (χ0n) is 20.3. The van der Waals surface area contributed by atoms with Gasteiger partial charge < -0.3 is 14.2 Å². The number of carbonyl (C=O) groups is 2. The Bertz CT molecular complexity index is 1350. The third-order valence-corrected chi connectivity index (χ3v) is 6.67. The molecule has 0 bridgehead atoms. The van der Waals surface area contributed by atoms with Gasteiger partial charge in [0.05, 0.1) is 24.5 Å². The van der Waals surface area contributed by atoms with Crippen LogP contribution < -0.4 is 24.4 Å². The Morgan fingerprint density at radius 1 is 0.919 bits per heavy atom. The molecule has 7 nitrogen and oxygen atoms in total. The van der Waals surface area contributed by atoms with Crippen molar-refractivity contribution in [2.24, 2.45) is 0 Å². The Morgan fingerprint density at radius 2 is 1.62 bits per heavy atom. The molecule has 1 aliphatic carbocycles. The first-order chi connectivity index (χ1) is 18.0. The monoisotopic (exact) mass is 514 g/mol. The molecule has 3 amide bonds. The molecular formula is C29H26N2O5S. The molecule has 5 rings (SSSR count). The minimum Gasteiger partial charge on any atom is -0.493 e. The van der Waals surface area contributed by atoms with Crippen molar-refractivity contribution in [2.75, 3.05) is 12.0 Å². The molecule has 2 aliphatic rings. The molecule has 1 saturated heterocycles. The van der Waals surface area contributed by atoms with E-state index >= 15 is 0 Å². The number of rotatable bonds is 7. The third-order valence-electron chi connectivity index (χ3n) is 6.27. The number of thiocarbonyl (C=S) groups is 1. The summed E-state index contributed by atoms with van der Waals surface area (Å²) in [6.45, 7) is 0. The zero-order valence-corrected chi connectivity index (χ0v) is 21.1. The zero-order chi connectivity index (χ0) is 25.8. The van der Waals surface area contributed by atoms with Crippen molar-refractivity contribution in [3.63, 3.8) is 0 Å². The van der Waals surface area contributed by atoms with Crippen LogP contribution in [0, 0.1) is 0 Å². The van der Waals surface area contributed by atoms with Gasteiger partial charge in [-0.25, -0.2) is 4.79 Å². The van der Waals surface area contributed by atoms with Gasteiger partial charge in [0, 0.05) is 0 Å². The van der Waals surface area contributed by atoms with Gasteiger partial charge in [-0.15, -0.1) is 0 Å². The van der Waals surface area contributed by atoms with E-state index < -0.39 is 11.9 Å². The van der Waals surface area contributed by atoms with Gasteiger partial charge in [0.15, 0.2) is 11.5 Å². The van der Waals surface area contributed by atoms with Gasteiger partial charge in [-0.2, -0.15) is 0 Å². The smallest absolute Gasteiger partial charge is 0.334 e. The average molecular weight is 515 g/mol. The summed E-state index contributed by atoms with van der Waals surface area (Å²) in [6.07, 6.45) is 6.12. The highest BCUT2D eigenvalue weighted by Crippen LogP contribution is 2.34. The van der Waals surface area contributed by atoms with E-state index in [1.54, 1.807) is 43.5 Å². The van der Waals surface area contributed by atoms with Crippen LogP contribution in [0.1, 0.15) is 31.2 Å². The van der Waals surface area contributed by atoms with Crippen molar-refractivity contribution in [2.45, 2.75) is 31.8 Å². The van der Waals surface area contributed by atoms with Crippen molar-refractivity contribution in [3.8, 4) is 23.0 Å². The van der Waals surface area contributed by atoms with Gasteiger partial charge in [0.2, 0.25) is 0 Å². The number of hydrogen-bond acceptors (Lipinski definition) is 6. The number of methoxy groups -OCH3 is 1.